The standard InChI is InChI=1S/C15H24N2O2/c1-2-7-19-15-9-11(16)8-13(10-15)17-12-3-5-14(18)6-4-12/h8-10,12,14,17-18H,2-7,16H2,1H3. The Hall–Kier alpha value is -1.42. The van der Waals surface area contributed by atoms with Crippen LogP contribution in [0, 0.1) is 0 Å². The molecule has 0 bridgehead atoms. The first-order valence-electron chi connectivity index (χ1n) is 7.15. The van der Waals surface area contributed by atoms with Crippen molar-refractivity contribution in [3.05, 3.63) is 18.2 Å². The summed E-state index contributed by atoms with van der Waals surface area (Å²) in [5.41, 5.74) is 7.62. The van der Waals surface area contributed by atoms with Gasteiger partial charge in [0, 0.05) is 29.5 Å². The maximum absolute atomic E-state index is 9.51. The minimum absolute atomic E-state index is 0.123. The first-order valence-corrected chi connectivity index (χ1v) is 7.15. The fourth-order valence-corrected chi connectivity index (χ4v) is 2.46. The minimum atomic E-state index is -0.123. The van der Waals surface area contributed by atoms with Gasteiger partial charge in [0.05, 0.1) is 12.7 Å². The van der Waals surface area contributed by atoms with Crippen LogP contribution < -0.4 is 15.8 Å². The van der Waals surface area contributed by atoms with Gasteiger partial charge in [0.15, 0.2) is 0 Å². The molecule has 0 spiro atoms. The number of rotatable bonds is 5. The molecule has 0 unspecified atom stereocenters. The number of hydrogen-bond donors (Lipinski definition) is 3. The average Bonchev–Trinajstić information content (AvgIpc) is 2.38. The molecule has 1 aromatic carbocycles. The molecule has 106 valence electrons. The van der Waals surface area contributed by atoms with Crippen molar-refractivity contribution in [3.8, 4) is 5.75 Å². The summed E-state index contributed by atoms with van der Waals surface area (Å²) in [5, 5.41) is 13.0. The monoisotopic (exact) mass is 264 g/mol. The maximum Gasteiger partial charge on any atom is 0.123 e. The van der Waals surface area contributed by atoms with E-state index < -0.39 is 0 Å². The van der Waals surface area contributed by atoms with Gasteiger partial charge in [-0.1, -0.05) is 6.92 Å². The summed E-state index contributed by atoms with van der Waals surface area (Å²) < 4.78 is 5.62. The lowest BCUT2D eigenvalue weighted by molar-refractivity contribution is 0.126. The van der Waals surface area contributed by atoms with E-state index in [0.717, 1.165) is 43.5 Å². The molecule has 1 fully saturated rings. The molecule has 0 saturated heterocycles. The molecule has 0 radical (unpaired) electrons. The Balaban J connectivity index is 1.97. The second kappa shape index (κ2) is 6.66. The smallest absolute Gasteiger partial charge is 0.123 e. The molecule has 0 heterocycles. The van der Waals surface area contributed by atoms with Crippen molar-refractivity contribution < 1.29 is 9.84 Å². The van der Waals surface area contributed by atoms with Crippen LogP contribution in [0.15, 0.2) is 18.2 Å². The Bertz CT molecular complexity index is 401. The van der Waals surface area contributed by atoms with Crippen molar-refractivity contribution in [2.45, 2.75) is 51.2 Å². The molecule has 0 aromatic heterocycles. The predicted octanol–water partition coefficient (Wildman–Crippen LogP) is 2.77. The van der Waals surface area contributed by atoms with Gasteiger partial charge >= 0.3 is 0 Å². The quantitative estimate of drug-likeness (QED) is 0.715. The number of hydrogen-bond acceptors (Lipinski definition) is 4. The fourth-order valence-electron chi connectivity index (χ4n) is 2.46. The first-order chi connectivity index (χ1) is 9.17. The van der Waals surface area contributed by atoms with E-state index in [-0.39, 0.29) is 6.10 Å². The zero-order valence-electron chi connectivity index (χ0n) is 11.6. The van der Waals surface area contributed by atoms with E-state index in [0.29, 0.717) is 18.3 Å². The number of aliphatic hydroxyl groups excluding tert-OH is 1. The molecular weight excluding hydrogens is 240 g/mol. The summed E-state index contributed by atoms with van der Waals surface area (Å²) in [6.45, 7) is 2.79. The molecule has 19 heavy (non-hydrogen) atoms. The van der Waals surface area contributed by atoms with Gasteiger partial charge in [-0.2, -0.15) is 0 Å². The zero-order valence-corrected chi connectivity index (χ0v) is 11.6. The third kappa shape index (κ3) is 4.31. The van der Waals surface area contributed by atoms with Crippen molar-refractivity contribution in [1.82, 2.24) is 0 Å². The maximum atomic E-state index is 9.51. The van der Waals surface area contributed by atoms with E-state index in [1.807, 2.05) is 18.2 Å². The average molecular weight is 264 g/mol. The van der Waals surface area contributed by atoms with Crippen molar-refractivity contribution in [2.75, 3.05) is 17.7 Å². The lowest BCUT2D eigenvalue weighted by Crippen LogP contribution is -2.28. The highest BCUT2D eigenvalue weighted by Gasteiger charge is 2.19. The topological polar surface area (TPSA) is 67.5 Å². The minimum Gasteiger partial charge on any atom is -0.493 e. The normalized spacial score (nSPS) is 23.1. The number of nitrogens with one attached hydrogen (secondary N) is 1. The summed E-state index contributed by atoms with van der Waals surface area (Å²) in [7, 11) is 0. The van der Waals surface area contributed by atoms with Gasteiger partial charge in [-0.05, 0) is 38.2 Å². The van der Waals surface area contributed by atoms with Crippen LogP contribution in [0.1, 0.15) is 39.0 Å². The molecule has 4 heteroatoms. The lowest BCUT2D eigenvalue weighted by Gasteiger charge is -2.27. The number of benzene rings is 1. The van der Waals surface area contributed by atoms with Crippen LogP contribution in [0.3, 0.4) is 0 Å². The van der Waals surface area contributed by atoms with Crippen molar-refractivity contribution in [3.63, 3.8) is 0 Å². The Morgan fingerprint density at radius 1 is 1.26 bits per heavy atom. The Morgan fingerprint density at radius 3 is 2.68 bits per heavy atom. The highest BCUT2D eigenvalue weighted by Crippen LogP contribution is 2.26. The molecule has 1 aliphatic rings. The summed E-state index contributed by atoms with van der Waals surface area (Å²) in [6, 6.07) is 6.20. The van der Waals surface area contributed by atoms with Crippen LogP contribution in [0.5, 0.6) is 5.75 Å². The molecule has 1 saturated carbocycles. The molecule has 4 nitrogen and oxygen atoms in total. The van der Waals surface area contributed by atoms with Crippen LogP contribution in [0.25, 0.3) is 0 Å². The van der Waals surface area contributed by atoms with Crippen molar-refractivity contribution in [1.29, 1.82) is 0 Å². The van der Waals surface area contributed by atoms with Gasteiger partial charge in [-0.15, -0.1) is 0 Å². The molecule has 0 atom stereocenters. The Morgan fingerprint density at radius 2 is 2.00 bits per heavy atom. The molecule has 4 N–H and O–H groups in total. The fraction of sp³-hybridized carbons (Fsp3) is 0.600. The van der Waals surface area contributed by atoms with Gasteiger partial charge in [-0.25, -0.2) is 0 Å². The number of nitrogens with two attached hydrogens (primary N) is 1. The van der Waals surface area contributed by atoms with Crippen LogP contribution >= 0.6 is 0 Å². The van der Waals surface area contributed by atoms with Crippen molar-refractivity contribution in [2.24, 2.45) is 0 Å². The van der Waals surface area contributed by atoms with E-state index in [4.69, 9.17) is 10.5 Å². The number of anilines is 2. The van der Waals surface area contributed by atoms with Crippen LogP contribution in [-0.2, 0) is 0 Å². The number of aliphatic hydroxyl groups is 1. The van der Waals surface area contributed by atoms with Crippen LogP contribution in [0.2, 0.25) is 0 Å². The van der Waals surface area contributed by atoms with Crippen LogP contribution in [-0.4, -0.2) is 23.9 Å². The van der Waals surface area contributed by atoms with Crippen LogP contribution in [0.4, 0.5) is 11.4 Å². The molecule has 1 aromatic rings. The molecule has 1 aliphatic carbocycles. The van der Waals surface area contributed by atoms with Gasteiger partial charge in [0.25, 0.3) is 0 Å². The molecule has 0 aliphatic heterocycles. The molecule has 2 rings (SSSR count). The van der Waals surface area contributed by atoms with E-state index in [9.17, 15) is 5.11 Å². The van der Waals surface area contributed by atoms with E-state index in [2.05, 4.69) is 12.2 Å². The molecule has 0 amide bonds. The predicted molar refractivity (Wildman–Crippen MR) is 78.5 cm³/mol. The Labute approximate surface area is 115 Å². The van der Waals surface area contributed by atoms with Crippen molar-refractivity contribution >= 4 is 11.4 Å². The third-order valence-corrected chi connectivity index (χ3v) is 3.47. The van der Waals surface area contributed by atoms with Gasteiger partial charge in [-0.3, -0.25) is 0 Å². The van der Waals surface area contributed by atoms with E-state index in [1.165, 1.54) is 0 Å². The van der Waals surface area contributed by atoms with Gasteiger partial charge in [0.2, 0.25) is 0 Å². The highest BCUT2D eigenvalue weighted by atomic mass is 16.5. The highest BCUT2D eigenvalue weighted by molar-refractivity contribution is 5.59. The SMILES string of the molecule is CCCOc1cc(N)cc(NC2CCC(O)CC2)c1. The van der Waals surface area contributed by atoms with Gasteiger partial charge in [0.1, 0.15) is 5.75 Å². The van der Waals surface area contributed by atoms with Gasteiger partial charge < -0.3 is 20.9 Å². The second-order valence-electron chi connectivity index (χ2n) is 5.29. The summed E-state index contributed by atoms with van der Waals surface area (Å²) in [4.78, 5) is 0. The van der Waals surface area contributed by atoms with E-state index >= 15 is 0 Å². The zero-order chi connectivity index (χ0) is 13.7. The largest absolute Gasteiger partial charge is 0.493 e. The number of ether oxygens (including phenoxy) is 1. The third-order valence-electron chi connectivity index (χ3n) is 3.47. The first kappa shape index (κ1) is 14.0. The second-order valence-corrected chi connectivity index (χ2v) is 5.29. The number of nitrogen functional groups attached to an aromatic ring is 1. The van der Waals surface area contributed by atoms with E-state index in [1.54, 1.807) is 0 Å². The summed E-state index contributed by atoms with van der Waals surface area (Å²) in [6.07, 6.45) is 4.61. The molecular formula is C15H24N2O2. The summed E-state index contributed by atoms with van der Waals surface area (Å²) in [5.74, 6) is 0.820. The summed E-state index contributed by atoms with van der Waals surface area (Å²) >= 11 is 0. The lowest BCUT2D eigenvalue weighted by atomic mass is 9.93. The Kier molecular flexibility index (Phi) is 4.91.